The molecule has 36 heavy (non-hydrogen) atoms. The van der Waals surface area contributed by atoms with Crippen LogP contribution in [0, 0.1) is 20.8 Å². The van der Waals surface area contributed by atoms with Gasteiger partial charge >= 0.3 is 10.2 Å². The second-order valence-electron chi connectivity index (χ2n) is 10.5. The van der Waals surface area contributed by atoms with Gasteiger partial charge in [0.1, 0.15) is 12.6 Å². The molecule has 198 valence electrons. The Morgan fingerprint density at radius 3 is 2.14 bits per heavy atom. The normalized spacial score (nSPS) is 12.8. The van der Waals surface area contributed by atoms with E-state index in [9.17, 15) is 18.0 Å². The molecular weight excluding hydrogens is 476 g/mol. The molecule has 2 amide bonds. The van der Waals surface area contributed by atoms with E-state index in [1.807, 2.05) is 77.9 Å². The molecule has 0 fully saturated rings. The van der Waals surface area contributed by atoms with E-state index in [4.69, 9.17) is 0 Å². The molecule has 1 atom stereocenters. The quantitative estimate of drug-likeness (QED) is 0.552. The summed E-state index contributed by atoms with van der Waals surface area (Å²) in [4.78, 5) is 28.4. The maximum atomic E-state index is 13.8. The lowest BCUT2D eigenvalue weighted by Crippen LogP contribution is -2.55. The number of anilines is 1. The predicted molar refractivity (Wildman–Crippen MR) is 145 cm³/mol. The number of rotatable bonds is 9. The number of carbonyl (C=O) groups excluding carboxylic acids is 2. The first-order valence-corrected chi connectivity index (χ1v) is 13.4. The van der Waals surface area contributed by atoms with E-state index in [2.05, 4.69) is 5.32 Å². The topological polar surface area (TPSA) is 90.0 Å². The number of nitrogens with one attached hydrogen (secondary N) is 1. The highest BCUT2D eigenvalue weighted by Crippen LogP contribution is 2.26. The number of carbonyl (C=O) groups is 2. The Kier molecular flexibility index (Phi) is 9.31. The molecule has 0 bridgehead atoms. The number of hydrogen-bond acceptors (Lipinski definition) is 4. The van der Waals surface area contributed by atoms with Gasteiger partial charge in [-0.15, -0.1) is 0 Å². The van der Waals surface area contributed by atoms with Crippen molar-refractivity contribution >= 4 is 27.7 Å². The van der Waals surface area contributed by atoms with Gasteiger partial charge < -0.3 is 10.2 Å². The third-order valence-corrected chi connectivity index (χ3v) is 7.73. The number of benzene rings is 2. The molecule has 9 heteroatoms. The summed E-state index contributed by atoms with van der Waals surface area (Å²) in [6.45, 7) is 12.6. The second kappa shape index (κ2) is 11.4. The Bertz CT molecular complexity index is 1200. The van der Waals surface area contributed by atoms with E-state index in [1.165, 1.54) is 19.0 Å². The zero-order valence-electron chi connectivity index (χ0n) is 22.9. The molecule has 2 aromatic carbocycles. The summed E-state index contributed by atoms with van der Waals surface area (Å²) in [6.07, 6.45) is 0. The maximum absolute atomic E-state index is 13.8. The van der Waals surface area contributed by atoms with E-state index in [1.54, 1.807) is 13.0 Å². The minimum atomic E-state index is -4.00. The third-order valence-electron chi connectivity index (χ3n) is 5.92. The minimum Gasteiger partial charge on any atom is -0.350 e. The van der Waals surface area contributed by atoms with Crippen LogP contribution in [-0.2, 0) is 26.3 Å². The van der Waals surface area contributed by atoms with Gasteiger partial charge in [0.05, 0.1) is 5.69 Å². The molecule has 1 N–H and O–H groups in total. The fourth-order valence-electron chi connectivity index (χ4n) is 3.72. The van der Waals surface area contributed by atoms with Crippen molar-refractivity contribution in [2.24, 2.45) is 0 Å². The molecule has 0 saturated carbocycles. The van der Waals surface area contributed by atoms with Crippen molar-refractivity contribution in [1.29, 1.82) is 0 Å². The number of nitrogens with zero attached hydrogens (tertiary/aromatic N) is 3. The van der Waals surface area contributed by atoms with Crippen LogP contribution in [0.3, 0.4) is 0 Å². The van der Waals surface area contributed by atoms with Gasteiger partial charge in [-0.3, -0.25) is 9.59 Å². The average Bonchev–Trinajstić information content (AvgIpc) is 2.76. The highest BCUT2D eigenvalue weighted by molar-refractivity contribution is 7.90. The Morgan fingerprint density at radius 2 is 1.58 bits per heavy atom. The third kappa shape index (κ3) is 7.30. The minimum absolute atomic E-state index is 0.173. The summed E-state index contributed by atoms with van der Waals surface area (Å²) in [5.74, 6) is -0.778. The summed E-state index contributed by atoms with van der Waals surface area (Å²) in [5, 5.41) is 2.93. The molecule has 8 nitrogen and oxygen atoms in total. The van der Waals surface area contributed by atoms with Gasteiger partial charge in [-0.25, -0.2) is 4.31 Å². The Balaban J connectivity index is 2.54. The van der Waals surface area contributed by atoms with Crippen LogP contribution in [0.25, 0.3) is 0 Å². The highest BCUT2D eigenvalue weighted by atomic mass is 32.2. The van der Waals surface area contributed by atoms with Crippen LogP contribution in [0.1, 0.15) is 49.9 Å². The van der Waals surface area contributed by atoms with Crippen molar-refractivity contribution in [3.05, 3.63) is 64.7 Å². The van der Waals surface area contributed by atoms with Gasteiger partial charge in [0, 0.05) is 26.2 Å². The van der Waals surface area contributed by atoms with E-state index < -0.39 is 34.2 Å². The molecule has 2 rings (SSSR count). The van der Waals surface area contributed by atoms with Gasteiger partial charge in [0.15, 0.2) is 0 Å². The maximum Gasteiger partial charge on any atom is 0.304 e. The smallest absolute Gasteiger partial charge is 0.304 e. The van der Waals surface area contributed by atoms with Crippen molar-refractivity contribution < 1.29 is 18.0 Å². The van der Waals surface area contributed by atoms with Gasteiger partial charge in [-0.1, -0.05) is 36.4 Å². The van der Waals surface area contributed by atoms with Gasteiger partial charge in [0.25, 0.3) is 0 Å². The van der Waals surface area contributed by atoms with Crippen molar-refractivity contribution in [3.63, 3.8) is 0 Å². The molecule has 0 aliphatic rings. The standard InChI is InChI=1S/C27H40N4O4S/c1-19-14-15-21(3)24(16-19)31(36(34,35)29(8)9)18-25(32)30(17-23-13-11-10-12-20(23)2)22(4)26(33)28-27(5,6)7/h10-16,22H,17-18H2,1-9H3,(H,28,33). The van der Waals surface area contributed by atoms with Crippen LogP contribution >= 0.6 is 0 Å². The summed E-state index contributed by atoms with van der Waals surface area (Å²) < 4.78 is 28.9. The fraction of sp³-hybridized carbons (Fsp3) is 0.481. The van der Waals surface area contributed by atoms with Crippen LogP contribution in [0.2, 0.25) is 0 Å². The Hall–Kier alpha value is -2.91. The van der Waals surface area contributed by atoms with Crippen LogP contribution < -0.4 is 9.62 Å². The summed E-state index contributed by atoms with van der Waals surface area (Å²) in [6, 6.07) is 12.3. The zero-order valence-corrected chi connectivity index (χ0v) is 23.7. The molecule has 0 spiro atoms. The summed E-state index contributed by atoms with van der Waals surface area (Å²) in [5.41, 5.74) is 3.40. The van der Waals surface area contributed by atoms with Crippen molar-refractivity contribution in [2.75, 3.05) is 24.9 Å². The van der Waals surface area contributed by atoms with Crippen molar-refractivity contribution in [3.8, 4) is 0 Å². The Morgan fingerprint density at radius 1 is 0.972 bits per heavy atom. The van der Waals surface area contributed by atoms with Crippen LogP contribution in [0.5, 0.6) is 0 Å². The molecule has 0 aliphatic heterocycles. The fourth-order valence-corrected chi connectivity index (χ4v) is 4.83. The summed E-state index contributed by atoms with van der Waals surface area (Å²) in [7, 11) is -1.13. The first kappa shape index (κ1) is 29.3. The van der Waals surface area contributed by atoms with Gasteiger partial charge in [0.2, 0.25) is 11.8 Å². The predicted octanol–water partition coefficient (Wildman–Crippen LogP) is 3.56. The molecule has 0 heterocycles. The SMILES string of the molecule is Cc1ccc(C)c(N(CC(=O)N(Cc2ccccc2C)C(C)C(=O)NC(C)(C)C)S(=O)(=O)N(C)C)c1. The number of amides is 2. The lowest BCUT2D eigenvalue weighted by atomic mass is 10.1. The highest BCUT2D eigenvalue weighted by Gasteiger charge is 2.34. The van der Waals surface area contributed by atoms with Gasteiger partial charge in [-0.05, 0) is 76.8 Å². The molecule has 0 saturated heterocycles. The van der Waals surface area contributed by atoms with Crippen molar-refractivity contribution in [2.45, 2.75) is 66.6 Å². The average molecular weight is 517 g/mol. The van der Waals surface area contributed by atoms with Crippen molar-refractivity contribution in [1.82, 2.24) is 14.5 Å². The van der Waals surface area contributed by atoms with Crippen LogP contribution in [0.4, 0.5) is 5.69 Å². The first-order valence-electron chi connectivity index (χ1n) is 12.0. The number of hydrogen-bond donors (Lipinski definition) is 1. The first-order chi connectivity index (χ1) is 16.5. The van der Waals surface area contributed by atoms with E-state index >= 15 is 0 Å². The monoisotopic (exact) mass is 516 g/mol. The lowest BCUT2D eigenvalue weighted by molar-refractivity contribution is -0.140. The summed E-state index contributed by atoms with van der Waals surface area (Å²) >= 11 is 0. The lowest BCUT2D eigenvalue weighted by Gasteiger charge is -2.34. The molecule has 0 radical (unpaired) electrons. The Labute approximate surface area is 216 Å². The van der Waals surface area contributed by atoms with E-state index in [-0.39, 0.29) is 12.5 Å². The zero-order chi connectivity index (χ0) is 27.4. The molecule has 0 aliphatic carbocycles. The molecule has 1 unspecified atom stereocenters. The van der Waals surface area contributed by atoms with E-state index in [0.717, 1.165) is 30.9 Å². The molecule has 2 aromatic rings. The van der Waals surface area contributed by atoms with Crippen LogP contribution in [-0.4, -0.2) is 61.7 Å². The van der Waals surface area contributed by atoms with Gasteiger partial charge in [-0.2, -0.15) is 12.7 Å². The molecule has 0 aromatic heterocycles. The van der Waals surface area contributed by atoms with E-state index in [0.29, 0.717) is 5.69 Å². The largest absolute Gasteiger partial charge is 0.350 e. The molecular formula is C27H40N4O4S. The number of aryl methyl sites for hydroxylation is 3. The van der Waals surface area contributed by atoms with Crippen LogP contribution in [0.15, 0.2) is 42.5 Å². The second-order valence-corrected chi connectivity index (χ2v) is 12.5.